The van der Waals surface area contributed by atoms with Crippen molar-refractivity contribution in [3.8, 4) is 6.07 Å². The Morgan fingerprint density at radius 2 is 2.35 bits per heavy atom. The number of nitrogens with zero attached hydrogens (tertiary/aromatic N) is 3. The molecule has 17 heavy (non-hydrogen) atoms. The van der Waals surface area contributed by atoms with Gasteiger partial charge in [0.25, 0.3) is 0 Å². The first-order valence-electron chi connectivity index (χ1n) is 4.89. The fraction of sp³-hybridized carbons (Fsp3) is 0.0833. The van der Waals surface area contributed by atoms with Gasteiger partial charge in [0.15, 0.2) is 0 Å². The Hall–Kier alpha value is -2.06. The van der Waals surface area contributed by atoms with E-state index in [9.17, 15) is 4.79 Å². The van der Waals surface area contributed by atoms with Crippen LogP contribution in [0.4, 0.5) is 0 Å². The van der Waals surface area contributed by atoms with Gasteiger partial charge >= 0.3 is 0 Å². The van der Waals surface area contributed by atoms with Crippen LogP contribution in [0.25, 0.3) is 0 Å². The number of carbonyl (C=O) groups is 1. The predicted molar refractivity (Wildman–Crippen MR) is 63.9 cm³/mol. The van der Waals surface area contributed by atoms with Crippen molar-refractivity contribution in [2.75, 3.05) is 0 Å². The monoisotopic (exact) mass is 243 g/mol. The SMILES string of the molecule is Cn1cc(Sc2ccc(C=O)cc2C#N)cn1. The molecule has 2 rings (SSSR count). The molecule has 4 nitrogen and oxygen atoms in total. The van der Waals surface area contributed by atoms with Crippen LogP contribution in [0.3, 0.4) is 0 Å². The molecule has 0 aliphatic rings. The van der Waals surface area contributed by atoms with Crippen molar-refractivity contribution in [1.82, 2.24) is 9.78 Å². The number of nitriles is 1. The number of hydrogen-bond acceptors (Lipinski definition) is 4. The van der Waals surface area contributed by atoms with Gasteiger partial charge in [0, 0.05) is 23.7 Å². The van der Waals surface area contributed by atoms with Crippen LogP contribution in [0, 0.1) is 11.3 Å². The zero-order chi connectivity index (χ0) is 12.3. The maximum atomic E-state index is 10.6. The number of aromatic nitrogens is 2. The number of aryl methyl sites for hydroxylation is 1. The smallest absolute Gasteiger partial charge is 0.150 e. The summed E-state index contributed by atoms with van der Waals surface area (Å²) in [5, 5.41) is 13.1. The van der Waals surface area contributed by atoms with Gasteiger partial charge in [-0.3, -0.25) is 9.48 Å². The molecule has 0 aliphatic heterocycles. The molecular formula is C12H9N3OS. The number of hydrogen-bond donors (Lipinski definition) is 0. The highest BCUT2D eigenvalue weighted by molar-refractivity contribution is 7.99. The maximum Gasteiger partial charge on any atom is 0.150 e. The molecule has 0 unspecified atom stereocenters. The second-order valence-corrected chi connectivity index (χ2v) is 4.55. The van der Waals surface area contributed by atoms with Crippen molar-refractivity contribution in [3.63, 3.8) is 0 Å². The van der Waals surface area contributed by atoms with Crippen LogP contribution in [0.1, 0.15) is 15.9 Å². The first-order chi connectivity index (χ1) is 8.22. The summed E-state index contributed by atoms with van der Waals surface area (Å²) in [7, 11) is 1.84. The van der Waals surface area contributed by atoms with E-state index in [1.54, 1.807) is 29.1 Å². The van der Waals surface area contributed by atoms with Gasteiger partial charge in [-0.2, -0.15) is 10.4 Å². The Kier molecular flexibility index (Phi) is 3.26. The molecule has 0 spiro atoms. The quantitative estimate of drug-likeness (QED) is 0.776. The molecule has 0 saturated heterocycles. The van der Waals surface area contributed by atoms with Crippen LogP contribution in [0.2, 0.25) is 0 Å². The summed E-state index contributed by atoms with van der Waals surface area (Å²) in [6, 6.07) is 7.16. The Balaban J connectivity index is 2.33. The molecule has 1 aromatic heterocycles. The highest BCUT2D eigenvalue weighted by Crippen LogP contribution is 2.30. The lowest BCUT2D eigenvalue weighted by atomic mass is 10.1. The van der Waals surface area contributed by atoms with E-state index in [0.29, 0.717) is 11.1 Å². The summed E-state index contributed by atoms with van der Waals surface area (Å²) in [4.78, 5) is 12.4. The summed E-state index contributed by atoms with van der Waals surface area (Å²) in [5.74, 6) is 0. The summed E-state index contributed by atoms with van der Waals surface area (Å²) in [6.07, 6.45) is 4.35. The van der Waals surface area contributed by atoms with Crippen molar-refractivity contribution < 1.29 is 4.79 Å². The Morgan fingerprint density at radius 3 is 2.94 bits per heavy atom. The van der Waals surface area contributed by atoms with E-state index >= 15 is 0 Å². The minimum Gasteiger partial charge on any atom is -0.298 e. The maximum absolute atomic E-state index is 10.6. The molecule has 0 amide bonds. The first-order valence-corrected chi connectivity index (χ1v) is 5.70. The first kappa shape index (κ1) is 11.4. The topological polar surface area (TPSA) is 58.7 Å². The van der Waals surface area contributed by atoms with E-state index in [0.717, 1.165) is 16.1 Å². The van der Waals surface area contributed by atoms with Gasteiger partial charge in [-0.15, -0.1) is 0 Å². The minimum atomic E-state index is 0.503. The molecule has 84 valence electrons. The lowest BCUT2D eigenvalue weighted by Crippen LogP contribution is -1.86. The Morgan fingerprint density at radius 1 is 1.53 bits per heavy atom. The zero-order valence-corrected chi connectivity index (χ0v) is 9.94. The van der Waals surface area contributed by atoms with Crippen LogP contribution in [0.5, 0.6) is 0 Å². The average Bonchev–Trinajstić information content (AvgIpc) is 2.75. The van der Waals surface area contributed by atoms with Crippen molar-refractivity contribution in [2.24, 2.45) is 7.05 Å². The molecular weight excluding hydrogens is 234 g/mol. The van der Waals surface area contributed by atoms with E-state index < -0.39 is 0 Å². The van der Waals surface area contributed by atoms with Crippen molar-refractivity contribution in [1.29, 1.82) is 5.26 Å². The predicted octanol–water partition coefficient (Wildman–Crippen LogP) is 2.26. The zero-order valence-electron chi connectivity index (χ0n) is 9.12. The summed E-state index contributed by atoms with van der Waals surface area (Å²) < 4.78 is 1.70. The largest absolute Gasteiger partial charge is 0.298 e. The molecule has 5 heteroatoms. The molecule has 2 aromatic rings. The second kappa shape index (κ2) is 4.85. The number of rotatable bonds is 3. The second-order valence-electron chi connectivity index (χ2n) is 3.44. The molecule has 0 atom stereocenters. The van der Waals surface area contributed by atoms with Gasteiger partial charge in [-0.25, -0.2) is 0 Å². The fourth-order valence-corrected chi connectivity index (χ4v) is 2.29. The van der Waals surface area contributed by atoms with Crippen molar-refractivity contribution >= 4 is 18.0 Å². The van der Waals surface area contributed by atoms with E-state index in [2.05, 4.69) is 11.2 Å². The molecule has 1 heterocycles. The Labute approximate surface area is 103 Å². The number of benzene rings is 1. The lowest BCUT2D eigenvalue weighted by Gasteiger charge is -2.01. The molecule has 0 fully saturated rings. The third-order valence-electron chi connectivity index (χ3n) is 2.17. The summed E-state index contributed by atoms with van der Waals surface area (Å²) in [6.45, 7) is 0. The van der Waals surface area contributed by atoms with E-state index in [1.165, 1.54) is 11.8 Å². The number of carbonyl (C=O) groups excluding carboxylic acids is 1. The van der Waals surface area contributed by atoms with Gasteiger partial charge in [0.05, 0.1) is 16.7 Å². The van der Waals surface area contributed by atoms with Crippen LogP contribution >= 0.6 is 11.8 Å². The average molecular weight is 243 g/mol. The minimum absolute atomic E-state index is 0.503. The van der Waals surface area contributed by atoms with Gasteiger partial charge in [-0.1, -0.05) is 17.8 Å². The molecule has 1 aromatic carbocycles. The highest BCUT2D eigenvalue weighted by atomic mass is 32.2. The lowest BCUT2D eigenvalue weighted by molar-refractivity contribution is 0.112. The summed E-state index contributed by atoms with van der Waals surface area (Å²) in [5.41, 5.74) is 1.01. The molecule has 0 saturated carbocycles. The third kappa shape index (κ3) is 2.55. The van der Waals surface area contributed by atoms with E-state index in [1.807, 2.05) is 13.2 Å². The molecule has 0 bridgehead atoms. The number of aldehydes is 1. The molecule has 0 N–H and O–H groups in total. The summed E-state index contributed by atoms with van der Waals surface area (Å²) >= 11 is 1.46. The van der Waals surface area contributed by atoms with Gasteiger partial charge in [0.2, 0.25) is 0 Å². The normalized spacial score (nSPS) is 9.88. The fourth-order valence-electron chi connectivity index (χ4n) is 1.38. The molecule has 0 aliphatic carbocycles. The van der Waals surface area contributed by atoms with Crippen LogP contribution in [-0.4, -0.2) is 16.1 Å². The Bertz CT molecular complexity index is 598. The van der Waals surface area contributed by atoms with E-state index in [-0.39, 0.29) is 0 Å². The molecule has 0 radical (unpaired) electrons. The van der Waals surface area contributed by atoms with Crippen LogP contribution < -0.4 is 0 Å². The standard InChI is InChI=1S/C12H9N3OS/c1-15-7-11(6-14-15)17-12-3-2-9(8-16)4-10(12)5-13/h2-4,6-8H,1H3. The van der Waals surface area contributed by atoms with Crippen LogP contribution in [-0.2, 0) is 7.05 Å². The van der Waals surface area contributed by atoms with Gasteiger partial charge in [0.1, 0.15) is 12.4 Å². The van der Waals surface area contributed by atoms with E-state index in [4.69, 9.17) is 5.26 Å². The third-order valence-corrected chi connectivity index (χ3v) is 3.19. The van der Waals surface area contributed by atoms with Gasteiger partial charge < -0.3 is 0 Å². The highest BCUT2D eigenvalue weighted by Gasteiger charge is 2.06. The van der Waals surface area contributed by atoms with Crippen molar-refractivity contribution in [3.05, 3.63) is 41.7 Å². The van der Waals surface area contributed by atoms with Crippen LogP contribution in [0.15, 0.2) is 40.4 Å². The van der Waals surface area contributed by atoms with Crippen molar-refractivity contribution in [2.45, 2.75) is 9.79 Å². The van der Waals surface area contributed by atoms with Gasteiger partial charge in [-0.05, 0) is 12.1 Å².